The number of hydrogen-bond acceptors (Lipinski definition) is 5. The van der Waals surface area contributed by atoms with E-state index in [1.807, 2.05) is 13.0 Å². The molecule has 1 aromatic heterocycles. The van der Waals surface area contributed by atoms with Crippen molar-refractivity contribution < 1.29 is 9.84 Å². The highest BCUT2D eigenvalue weighted by Gasteiger charge is 2.24. The second-order valence-corrected chi connectivity index (χ2v) is 4.01. The fourth-order valence-electron chi connectivity index (χ4n) is 1.97. The van der Waals surface area contributed by atoms with Gasteiger partial charge in [-0.1, -0.05) is 0 Å². The van der Waals surface area contributed by atoms with Gasteiger partial charge in [-0.2, -0.15) is 0 Å². The molecule has 5 nitrogen and oxygen atoms in total. The number of aliphatic hydroxyl groups excluding tert-OH is 1. The third-order valence-corrected chi connectivity index (χ3v) is 2.78. The van der Waals surface area contributed by atoms with Crippen LogP contribution >= 0.6 is 0 Å². The van der Waals surface area contributed by atoms with Gasteiger partial charge in [0.2, 0.25) is 0 Å². The van der Waals surface area contributed by atoms with Crippen molar-refractivity contribution in [1.82, 2.24) is 4.98 Å². The molecule has 0 radical (unpaired) electrons. The number of aromatic nitrogens is 1. The molecule has 1 unspecified atom stereocenters. The molecule has 5 heteroatoms. The first-order chi connectivity index (χ1) is 7.72. The number of rotatable bonds is 2. The maximum Gasteiger partial charge on any atom is 0.132 e. The summed E-state index contributed by atoms with van der Waals surface area (Å²) in [5, 5.41) is 9.29. The summed E-state index contributed by atoms with van der Waals surface area (Å²) in [6.45, 7) is 4.01. The van der Waals surface area contributed by atoms with Crippen LogP contribution in [0.2, 0.25) is 0 Å². The molecule has 1 fully saturated rings. The third kappa shape index (κ3) is 2.10. The number of aliphatic hydroxyl groups is 1. The average molecular weight is 223 g/mol. The molecule has 0 amide bonds. The van der Waals surface area contributed by atoms with Crippen LogP contribution in [0.4, 0.5) is 11.5 Å². The van der Waals surface area contributed by atoms with Crippen LogP contribution in [0.25, 0.3) is 0 Å². The van der Waals surface area contributed by atoms with Crippen LogP contribution in [-0.4, -0.2) is 42.5 Å². The zero-order valence-corrected chi connectivity index (χ0v) is 9.39. The molecular weight excluding hydrogens is 206 g/mol. The lowest BCUT2D eigenvalue weighted by molar-refractivity contribution is 0.0722. The SMILES string of the molecule is Cc1cc(N)cnc1N1CCOCC1CO. The minimum Gasteiger partial charge on any atom is -0.397 e. The highest BCUT2D eigenvalue weighted by atomic mass is 16.5. The van der Waals surface area contributed by atoms with Crippen LogP contribution in [0.3, 0.4) is 0 Å². The van der Waals surface area contributed by atoms with Crippen LogP contribution < -0.4 is 10.6 Å². The van der Waals surface area contributed by atoms with Gasteiger partial charge in [-0.25, -0.2) is 4.98 Å². The van der Waals surface area contributed by atoms with E-state index in [2.05, 4.69) is 9.88 Å². The topological polar surface area (TPSA) is 71.6 Å². The van der Waals surface area contributed by atoms with E-state index in [-0.39, 0.29) is 12.6 Å². The highest BCUT2D eigenvalue weighted by Crippen LogP contribution is 2.22. The Hall–Kier alpha value is -1.33. The molecule has 3 N–H and O–H groups in total. The summed E-state index contributed by atoms with van der Waals surface area (Å²) in [6, 6.07) is 1.88. The van der Waals surface area contributed by atoms with E-state index >= 15 is 0 Å². The van der Waals surface area contributed by atoms with Crippen LogP contribution in [0.15, 0.2) is 12.3 Å². The van der Waals surface area contributed by atoms with Gasteiger partial charge in [-0.15, -0.1) is 0 Å². The summed E-state index contributed by atoms with van der Waals surface area (Å²) in [5.41, 5.74) is 7.36. The van der Waals surface area contributed by atoms with Crippen molar-refractivity contribution in [3.63, 3.8) is 0 Å². The van der Waals surface area contributed by atoms with Gasteiger partial charge in [0.15, 0.2) is 0 Å². The Morgan fingerprint density at radius 1 is 1.69 bits per heavy atom. The van der Waals surface area contributed by atoms with E-state index in [0.717, 1.165) is 17.9 Å². The first kappa shape index (κ1) is 11.2. The number of pyridine rings is 1. The first-order valence-electron chi connectivity index (χ1n) is 5.39. The van der Waals surface area contributed by atoms with Crippen molar-refractivity contribution >= 4 is 11.5 Å². The monoisotopic (exact) mass is 223 g/mol. The standard InChI is InChI=1S/C11H17N3O2/c1-8-4-9(12)5-13-11(8)14-2-3-16-7-10(14)6-15/h4-5,10,15H,2-3,6-7,12H2,1H3. The third-order valence-electron chi connectivity index (χ3n) is 2.78. The minimum atomic E-state index is -0.0106. The molecule has 1 aliphatic rings. The first-order valence-corrected chi connectivity index (χ1v) is 5.39. The van der Waals surface area contributed by atoms with Crippen LogP contribution in [-0.2, 0) is 4.74 Å². The predicted molar refractivity (Wildman–Crippen MR) is 62.4 cm³/mol. The lowest BCUT2D eigenvalue weighted by Gasteiger charge is -2.36. The van der Waals surface area contributed by atoms with E-state index in [9.17, 15) is 5.11 Å². The Balaban J connectivity index is 2.27. The predicted octanol–water partition coefficient (Wildman–Crippen LogP) is 0.170. The molecular formula is C11H17N3O2. The number of aryl methyl sites for hydroxylation is 1. The quantitative estimate of drug-likeness (QED) is 0.748. The maximum absolute atomic E-state index is 9.29. The summed E-state index contributed by atoms with van der Waals surface area (Å²) >= 11 is 0. The van der Waals surface area contributed by atoms with Gasteiger partial charge in [0.05, 0.1) is 37.7 Å². The summed E-state index contributed by atoms with van der Waals surface area (Å²) in [4.78, 5) is 6.42. The number of nitrogens with zero attached hydrogens (tertiary/aromatic N) is 2. The lowest BCUT2D eigenvalue weighted by atomic mass is 10.2. The Morgan fingerprint density at radius 2 is 2.50 bits per heavy atom. The van der Waals surface area contributed by atoms with Gasteiger partial charge in [0.25, 0.3) is 0 Å². The van der Waals surface area contributed by atoms with E-state index in [0.29, 0.717) is 18.9 Å². The molecule has 0 saturated carbocycles. The molecule has 0 bridgehead atoms. The van der Waals surface area contributed by atoms with Crippen molar-refractivity contribution in [3.8, 4) is 0 Å². The molecule has 2 rings (SSSR count). The van der Waals surface area contributed by atoms with Gasteiger partial charge in [-0.05, 0) is 18.6 Å². The van der Waals surface area contributed by atoms with Gasteiger partial charge in [0, 0.05) is 6.54 Å². The van der Waals surface area contributed by atoms with Crippen molar-refractivity contribution in [2.24, 2.45) is 0 Å². The summed E-state index contributed by atoms with van der Waals surface area (Å²) in [5.74, 6) is 0.886. The maximum atomic E-state index is 9.29. The molecule has 0 aliphatic carbocycles. The Morgan fingerprint density at radius 3 is 3.19 bits per heavy atom. The van der Waals surface area contributed by atoms with E-state index in [1.165, 1.54) is 0 Å². The molecule has 1 atom stereocenters. The molecule has 1 aliphatic heterocycles. The van der Waals surface area contributed by atoms with E-state index in [4.69, 9.17) is 10.5 Å². The molecule has 0 aromatic carbocycles. The zero-order chi connectivity index (χ0) is 11.5. The highest BCUT2D eigenvalue weighted by molar-refractivity contribution is 5.53. The van der Waals surface area contributed by atoms with Crippen molar-refractivity contribution in [1.29, 1.82) is 0 Å². The number of hydrogen-bond donors (Lipinski definition) is 2. The van der Waals surface area contributed by atoms with Crippen molar-refractivity contribution in [2.75, 3.05) is 37.0 Å². The Labute approximate surface area is 94.8 Å². The zero-order valence-electron chi connectivity index (χ0n) is 9.39. The van der Waals surface area contributed by atoms with Crippen molar-refractivity contribution in [3.05, 3.63) is 17.8 Å². The van der Waals surface area contributed by atoms with Gasteiger partial charge in [-0.3, -0.25) is 0 Å². The fourth-order valence-corrected chi connectivity index (χ4v) is 1.97. The summed E-state index contributed by atoms with van der Waals surface area (Å²) in [6.07, 6.45) is 1.65. The number of morpholine rings is 1. The number of nitrogens with two attached hydrogens (primary N) is 1. The van der Waals surface area contributed by atoms with E-state index in [1.54, 1.807) is 6.20 Å². The average Bonchev–Trinajstić information content (AvgIpc) is 2.29. The van der Waals surface area contributed by atoms with Gasteiger partial charge >= 0.3 is 0 Å². The number of ether oxygens (including phenoxy) is 1. The van der Waals surface area contributed by atoms with Gasteiger partial charge in [0.1, 0.15) is 5.82 Å². The molecule has 1 saturated heterocycles. The second-order valence-electron chi connectivity index (χ2n) is 4.01. The molecule has 88 valence electrons. The smallest absolute Gasteiger partial charge is 0.132 e. The molecule has 16 heavy (non-hydrogen) atoms. The number of anilines is 2. The van der Waals surface area contributed by atoms with Crippen LogP contribution in [0.5, 0.6) is 0 Å². The molecule has 1 aromatic rings. The van der Waals surface area contributed by atoms with Gasteiger partial charge < -0.3 is 20.5 Å². The second kappa shape index (κ2) is 4.67. The molecule has 0 spiro atoms. The normalized spacial score (nSPS) is 21.1. The summed E-state index contributed by atoms with van der Waals surface area (Å²) < 4.78 is 5.33. The lowest BCUT2D eigenvalue weighted by Crippen LogP contribution is -2.48. The molecule has 2 heterocycles. The van der Waals surface area contributed by atoms with Crippen LogP contribution in [0.1, 0.15) is 5.56 Å². The number of nitrogen functional groups attached to an aromatic ring is 1. The largest absolute Gasteiger partial charge is 0.397 e. The van der Waals surface area contributed by atoms with E-state index < -0.39 is 0 Å². The van der Waals surface area contributed by atoms with Crippen LogP contribution in [0, 0.1) is 6.92 Å². The van der Waals surface area contributed by atoms with Crippen molar-refractivity contribution in [2.45, 2.75) is 13.0 Å². The fraction of sp³-hybridized carbons (Fsp3) is 0.545. The summed E-state index contributed by atoms with van der Waals surface area (Å²) in [7, 11) is 0. The minimum absolute atomic E-state index is 0.0106. The Kier molecular flexibility index (Phi) is 3.26. The Bertz CT molecular complexity index is 370.